The van der Waals surface area contributed by atoms with Crippen LogP contribution in [0.25, 0.3) is 0 Å². The van der Waals surface area contributed by atoms with E-state index in [0.717, 1.165) is 60.4 Å². The van der Waals surface area contributed by atoms with Crippen LogP contribution < -0.4 is 4.74 Å². The lowest BCUT2D eigenvalue weighted by molar-refractivity contribution is 0.0915. The Kier molecular flexibility index (Phi) is 18.7. The largest absolute Gasteiger partial charge is 0.490 e. The number of rotatable bonds is 13. The highest BCUT2D eigenvalue weighted by Crippen LogP contribution is 2.44. The van der Waals surface area contributed by atoms with Crippen molar-refractivity contribution in [2.45, 2.75) is 217 Å². The van der Waals surface area contributed by atoms with E-state index < -0.39 is 0 Å². The Balaban J connectivity index is 0.000000225. The minimum absolute atomic E-state index is 0.376. The molecule has 0 spiro atoms. The average Bonchev–Trinajstić information content (AvgIpc) is 3.27. The number of unbranched alkanes of at least 4 members (excludes halogenated alkanes) is 1. The summed E-state index contributed by atoms with van der Waals surface area (Å²) in [5.74, 6) is 7.29. The molecular weight excluding hydrogens is 727 g/mol. The fourth-order valence-corrected chi connectivity index (χ4v) is 12.4. The molecule has 0 atom stereocenters. The Morgan fingerprint density at radius 1 is 0.407 bits per heavy atom. The molecule has 0 N–H and O–H groups in total. The van der Waals surface area contributed by atoms with Crippen LogP contribution in [0.2, 0.25) is 0 Å². The van der Waals surface area contributed by atoms with Gasteiger partial charge in [-0.05, 0) is 287 Å². The van der Waals surface area contributed by atoms with Crippen molar-refractivity contribution in [1.82, 2.24) is 0 Å². The van der Waals surface area contributed by atoms with Crippen molar-refractivity contribution in [2.75, 3.05) is 0 Å². The van der Waals surface area contributed by atoms with Crippen LogP contribution in [0.5, 0.6) is 5.75 Å². The smallest absolute Gasteiger partial charge is 0.126 e. The molecule has 4 aliphatic carbocycles. The van der Waals surface area contributed by atoms with Crippen molar-refractivity contribution in [3.8, 4) is 5.75 Å². The zero-order valence-electron chi connectivity index (χ0n) is 39.6. The number of benzene rings is 2. The van der Waals surface area contributed by atoms with Crippen molar-refractivity contribution >= 4 is 0 Å². The van der Waals surface area contributed by atoms with Gasteiger partial charge in [-0.2, -0.15) is 0 Å². The van der Waals surface area contributed by atoms with Gasteiger partial charge in [0.15, 0.2) is 0 Å². The second kappa shape index (κ2) is 23.1. The maximum Gasteiger partial charge on any atom is 0.126 e. The predicted octanol–water partition coefficient (Wildman–Crippen LogP) is 17.3. The molecule has 0 unspecified atom stereocenters. The van der Waals surface area contributed by atoms with Crippen LogP contribution in [0.4, 0.5) is 8.78 Å². The maximum absolute atomic E-state index is 12.3. The summed E-state index contributed by atoms with van der Waals surface area (Å²) < 4.78 is 31.1. The van der Waals surface area contributed by atoms with Crippen molar-refractivity contribution in [2.24, 2.45) is 41.4 Å². The van der Waals surface area contributed by atoms with Gasteiger partial charge in [-0.3, -0.25) is 0 Å². The van der Waals surface area contributed by atoms with Gasteiger partial charge in [-0.25, -0.2) is 8.78 Å². The highest BCUT2D eigenvalue weighted by atomic mass is 19.1. The molecule has 0 heterocycles. The van der Waals surface area contributed by atoms with E-state index in [2.05, 4.69) is 69.2 Å². The van der Waals surface area contributed by atoms with Gasteiger partial charge >= 0.3 is 0 Å². The first-order valence-corrected chi connectivity index (χ1v) is 24.6. The number of hydrogen-bond acceptors (Lipinski definition) is 1. The van der Waals surface area contributed by atoms with Gasteiger partial charge in [-0.1, -0.05) is 37.8 Å². The summed E-state index contributed by atoms with van der Waals surface area (Å²) >= 11 is 0. The number of halogens is 2. The third kappa shape index (κ3) is 12.6. The van der Waals surface area contributed by atoms with Crippen molar-refractivity contribution in [1.29, 1.82) is 0 Å². The molecule has 2 aromatic carbocycles. The fraction of sp³-hybridized carbons (Fsp3) is 0.714. The minimum Gasteiger partial charge on any atom is -0.490 e. The Labute approximate surface area is 362 Å². The van der Waals surface area contributed by atoms with Crippen molar-refractivity contribution in [3.05, 3.63) is 86.0 Å². The quantitative estimate of drug-likeness (QED) is 0.183. The van der Waals surface area contributed by atoms with Crippen molar-refractivity contribution < 1.29 is 13.5 Å². The van der Waals surface area contributed by atoms with Crippen LogP contribution >= 0.6 is 0 Å². The van der Waals surface area contributed by atoms with E-state index in [9.17, 15) is 8.78 Å². The highest BCUT2D eigenvalue weighted by molar-refractivity contribution is 5.53. The third-order valence-electron chi connectivity index (χ3n) is 17.5. The molecule has 59 heavy (non-hydrogen) atoms. The van der Waals surface area contributed by atoms with Gasteiger partial charge < -0.3 is 4.74 Å². The Hall–Kier alpha value is -2.42. The molecule has 4 aliphatic rings. The van der Waals surface area contributed by atoms with E-state index in [1.165, 1.54) is 184 Å². The monoisotopic (exact) mass is 813 g/mol. The predicted molar refractivity (Wildman–Crippen MR) is 250 cm³/mol. The second-order valence-corrected chi connectivity index (χ2v) is 20.5. The molecule has 0 bridgehead atoms. The first-order valence-electron chi connectivity index (χ1n) is 24.6. The zero-order chi connectivity index (χ0) is 42.6. The lowest BCUT2D eigenvalue weighted by Crippen LogP contribution is -2.30. The van der Waals surface area contributed by atoms with Crippen LogP contribution in [0, 0.1) is 111 Å². The molecule has 330 valence electrons. The van der Waals surface area contributed by atoms with Gasteiger partial charge in [0.1, 0.15) is 5.75 Å². The van der Waals surface area contributed by atoms with Crippen LogP contribution in [0.3, 0.4) is 0 Å². The molecule has 1 nitrogen and oxygen atoms in total. The van der Waals surface area contributed by atoms with E-state index >= 15 is 0 Å². The molecule has 2 aromatic rings. The van der Waals surface area contributed by atoms with Gasteiger partial charge in [0.2, 0.25) is 0 Å². The summed E-state index contributed by atoms with van der Waals surface area (Å²) in [4.78, 5) is 0. The van der Waals surface area contributed by atoms with E-state index in [4.69, 9.17) is 4.74 Å². The SMILES string of the molecule is Cc1c(C)c(C)c(CCCCC2CCC(C3CCC(C/C=C/F)CC3)CC2)c(C)c1C.Cc1c(C)c(C)c(OC2CCC(C3CCC(C/C=C/F)CC3)CC2)c(C)c1C. The minimum atomic E-state index is 0.376. The Bertz CT molecular complexity index is 1610. The molecular formula is C56H86F2O. The summed E-state index contributed by atoms with van der Waals surface area (Å²) in [7, 11) is 0. The van der Waals surface area contributed by atoms with E-state index in [1.54, 1.807) is 17.7 Å². The first-order chi connectivity index (χ1) is 28.3. The molecule has 0 radical (unpaired) electrons. The first kappa shape index (κ1) is 47.6. The molecule has 4 fully saturated rings. The zero-order valence-corrected chi connectivity index (χ0v) is 39.6. The Morgan fingerprint density at radius 3 is 1.14 bits per heavy atom. The third-order valence-corrected chi connectivity index (χ3v) is 17.5. The lowest BCUT2D eigenvalue weighted by atomic mass is 9.68. The Morgan fingerprint density at radius 2 is 0.746 bits per heavy atom. The molecule has 4 saturated carbocycles. The topological polar surface area (TPSA) is 9.23 Å². The number of hydrogen-bond donors (Lipinski definition) is 0. The summed E-state index contributed by atoms with van der Waals surface area (Å²) in [6, 6.07) is 0. The molecule has 0 saturated heterocycles. The summed E-state index contributed by atoms with van der Waals surface area (Å²) in [6.45, 7) is 22.6. The van der Waals surface area contributed by atoms with Gasteiger partial charge in [0.05, 0.1) is 18.8 Å². The summed E-state index contributed by atoms with van der Waals surface area (Å²) in [5.41, 5.74) is 16.0. The normalized spacial score (nSPS) is 27.9. The molecule has 0 aromatic heterocycles. The fourth-order valence-electron chi connectivity index (χ4n) is 12.4. The number of allylic oxidation sites excluding steroid dienone is 2. The number of ether oxygens (including phenoxy) is 1. The van der Waals surface area contributed by atoms with E-state index in [1.807, 2.05) is 0 Å². The molecule has 6 rings (SSSR count). The highest BCUT2D eigenvalue weighted by Gasteiger charge is 2.33. The lowest BCUT2D eigenvalue weighted by Gasteiger charge is -2.38. The van der Waals surface area contributed by atoms with Crippen molar-refractivity contribution in [3.63, 3.8) is 0 Å². The molecule has 3 heteroatoms. The van der Waals surface area contributed by atoms with Gasteiger partial charge in [0.25, 0.3) is 0 Å². The second-order valence-electron chi connectivity index (χ2n) is 20.5. The molecule has 0 amide bonds. The van der Waals surface area contributed by atoms with E-state index in [-0.39, 0.29) is 0 Å². The van der Waals surface area contributed by atoms with E-state index in [0.29, 0.717) is 18.4 Å². The van der Waals surface area contributed by atoms with Crippen LogP contribution in [-0.2, 0) is 6.42 Å². The molecule has 0 aliphatic heterocycles. The maximum atomic E-state index is 12.3. The standard InChI is InChI=1S/C30H47F.C26H39FO/c1-21-22(2)24(4)30(25(5)23(21)3)11-7-6-9-26-12-16-28(17-13-26)29-18-14-27(15-19-29)10-8-20-31;1-17-18(2)20(4)26(21(5)19(17)3)28-25-14-12-24(13-15-25)23-10-8-22(9-11-23)7-6-16-27/h8,20,26-29H,6-7,9-19H2,1-5H3;6,16,22-25H,7-15H2,1-5H3/b20-8+;16-6+. The van der Waals surface area contributed by atoms with Gasteiger partial charge in [-0.15, -0.1) is 0 Å². The average molecular weight is 813 g/mol. The summed E-state index contributed by atoms with van der Waals surface area (Å²) in [6.07, 6.45) is 34.2. The van der Waals surface area contributed by atoms with Crippen LogP contribution in [-0.4, -0.2) is 6.10 Å². The van der Waals surface area contributed by atoms with Crippen LogP contribution in [0.1, 0.15) is 196 Å². The van der Waals surface area contributed by atoms with Crippen LogP contribution in [0.15, 0.2) is 24.8 Å². The van der Waals surface area contributed by atoms with Gasteiger partial charge in [0, 0.05) is 0 Å². The summed E-state index contributed by atoms with van der Waals surface area (Å²) in [5, 5.41) is 0.